The molecule has 4 heteroatoms. The smallest absolute Gasteiger partial charge is 0.268 e. The number of benzene rings is 1. The number of hydrogen-bond acceptors (Lipinski definition) is 3. The van der Waals surface area contributed by atoms with Crippen LogP contribution in [0.25, 0.3) is 6.08 Å². The molecule has 2 amide bonds. The first-order valence-electron chi connectivity index (χ1n) is 6.36. The van der Waals surface area contributed by atoms with Crippen molar-refractivity contribution in [2.24, 2.45) is 0 Å². The van der Waals surface area contributed by atoms with Crippen LogP contribution in [0.4, 0.5) is 4.79 Å². The number of nitrogens with zero attached hydrogens (tertiary/aromatic N) is 1. The van der Waals surface area contributed by atoms with E-state index in [-0.39, 0.29) is 17.2 Å². The lowest BCUT2D eigenvalue weighted by Crippen LogP contribution is -2.36. The molecule has 0 aromatic heterocycles. The molecule has 0 N–H and O–H groups in total. The van der Waals surface area contributed by atoms with Crippen LogP contribution in [0, 0.1) is 6.92 Å². The highest BCUT2D eigenvalue weighted by Crippen LogP contribution is 2.34. The lowest BCUT2D eigenvalue weighted by molar-refractivity contribution is -0.124. The summed E-state index contributed by atoms with van der Waals surface area (Å²) < 4.78 is 0. The van der Waals surface area contributed by atoms with Gasteiger partial charge in [0, 0.05) is 6.04 Å². The van der Waals surface area contributed by atoms with Crippen molar-refractivity contribution in [3.8, 4) is 0 Å². The van der Waals surface area contributed by atoms with Crippen LogP contribution in [0.5, 0.6) is 0 Å². The van der Waals surface area contributed by atoms with E-state index in [0.717, 1.165) is 29.3 Å². The minimum Gasteiger partial charge on any atom is -0.268 e. The Kier molecular flexibility index (Phi) is 4.10. The maximum Gasteiger partial charge on any atom is 0.293 e. The Hall–Kier alpha value is -1.55. The first kappa shape index (κ1) is 13.9. The van der Waals surface area contributed by atoms with Crippen LogP contribution in [-0.4, -0.2) is 22.1 Å². The predicted octanol–water partition coefficient (Wildman–Crippen LogP) is 3.83. The number of amides is 2. The zero-order valence-electron chi connectivity index (χ0n) is 11.3. The fourth-order valence-electron chi connectivity index (χ4n) is 1.95. The van der Waals surface area contributed by atoms with Gasteiger partial charge in [0.05, 0.1) is 4.91 Å². The van der Waals surface area contributed by atoms with Gasteiger partial charge in [0.25, 0.3) is 11.1 Å². The number of carbonyl (C=O) groups excluding carboxylic acids is 2. The van der Waals surface area contributed by atoms with E-state index >= 15 is 0 Å². The maximum atomic E-state index is 12.2. The number of hydrogen-bond donors (Lipinski definition) is 0. The normalized spacial score (nSPS) is 19.3. The average molecular weight is 275 g/mol. The first-order valence-corrected chi connectivity index (χ1v) is 7.18. The highest BCUT2D eigenvalue weighted by atomic mass is 32.2. The molecule has 1 heterocycles. The summed E-state index contributed by atoms with van der Waals surface area (Å²) in [5.41, 5.74) is 2.09. The SMILES string of the molecule is CC[C@@H](C)N1C(=O)S/C(=C/c2cccc(C)c2)C1=O. The molecular weight excluding hydrogens is 258 g/mol. The Morgan fingerprint density at radius 3 is 2.74 bits per heavy atom. The molecule has 0 aliphatic carbocycles. The monoisotopic (exact) mass is 275 g/mol. The van der Waals surface area contributed by atoms with Gasteiger partial charge in [-0.15, -0.1) is 0 Å². The first-order chi connectivity index (χ1) is 9.02. The second kappa shape index (κ2) is 5.61. The van der Waals surface area contributed by atoms with Gasteiger partial charge in [0.1, 0.15) is 0 Å². The van der Waals surface area contributed by atoms with Crippen LogP contribution >= 0.6 is 11.8 Å². The standard InChI is InChI=1S/C15H17NO2S/c1-4-11(3)16-14(17)13(19-15(16)18)9-12-7-5-6-10(2)8-12/h5-9,11H,4H2,1-3H3/b13-9+/t11-/m1/s1. The van der Waals surface area contributed by atoms with Gasteiger partial charge < -0.3 is 0 Å². The molecule has 1 aliphatic heterocycles. The molecule has 0 unspecified atom stereocenters. The third-order valence-electron chi connectivity index (χ3n) is 3.20. The van der Waals surface area contributed by atoms with Crippen LogP contribution in [0.2, 0.25) is 0 Å². The molecule has 0 radical (unpaired) electrons. The topological polar surface area (TPSA) is 37.4 Å². The van der Waals surface area contributed by atoms with E-state index in [0.29, 0.717) is 4.91 Å². The second-order valence-corrected chi connectivity index (χ2v) is 5.72. The Bertz CT molecular complexity index is 551. The van der Waals surface area contributed by atoms with E-state index in [1.54, 1.807) is 6.08 Å². The van der Waals surface area contributed by atoms with Gasteiger partial charge in [0.15, 0.2) is 0 Å². The van der Waals surface area contributed by atoms with Gasteiger partial charge in [0.2, 0.25) is 0 Å². The highest BCUT2D eigenvalue weighted by molar-refractivity contribution is 8.18. The van der Waals surface area contributed by atoms with Gasteiger partial charge in [-0.05, 0) is 43.7 Å². The number of thioether (sulfide) groups is 1. The summed E-state index contributed by atoms with van der Waals surface area (Å²) in [4.78, 5) is 26.0. The summed E-state index contributed by atoms with van der Waals surface area (Å²) in [7, 11) is 0. The summed E-state index contributed by atoms with van der Waals surface area (Å²) in [6.45, 7) is 5.87. The van der Waals surface area contributed by atoms with Crippen LogP contribution in [0.1, 0.15) is 31.4 Å². The van der Waals surface area contributed by atoms with Crippen molar-refractivity contribution in [3.05, 3.63) is 40.3 Å². The van der Waals surface area contributed by atoms with E-state index in [9.17, 15) is 9.59 Å². The molecule has 100 valence electrons. The van der Waals surface area contributed by atoms with Gasteiger partial charge in [-0.3, -0.25) is 14.5 Å². The zero-order chi connectivity index (χ0) is 14.0. The summed E-state index contributed by atoms with van der Waals surface area (Å²) in [5.74, 6) is -0.175. The van der Waals surface area contributed by atoms with E-state index in [4.69, 9.17) is 0 Å². The van der Waals surface area contributed by atoms with Gasteiger partial charge in [-0.2, -0.15) is 0 Å². The van der Waals surface area contributed by atoms with Crippen molar-refractivity contribution < 1.29 is 9.59 Å². The molecule has 2 rings (SSSR count). The fourth-order valence-corrected chi connectivity index (χ4v) is 2.88. The molecule has 3 nitrogen and oxygen atoms in total. The van der Waals surface area contributed by atoms with Gasteiger partial charge >= 0.3 is 0 Å². The highest BCUT2D eigenvalue weighted by Gasteiger charge is 2.37. The molecule has 19 heavy (non-hydrogen) atoms. The van der Waals surface area contributed by atoms with Crippen molar-refractivity contribution >= 4 is 29.0 Å². The molecule has 0 bridgehead atoms. The number of imide groups is 1. The van der Waals surface area contributed by atoms with Crippen LogP contribution in [0.15, 0.2) is 29.2 Å². The van der Waals surface area contributed by atoms with Crippen molar-refractivity contribution in [1.29, 1.82) is 0 Å². The van der Waals surface area contributed by atoms with E-state index in [1.807, 2.05) is 45.0 Å². The van der Waals surface area contributed by atoms with Crippen molar-refractivity contribution in [2.45, 2.75) is 33.2 Å². The van der Waals surface area contributed by atoms with Gasteiger partial charge in [-0.25, -0.2) is 0 Å². The summed E-state index contributed by atoms with van der Waals surface area (Å²) in [5, 5.41) is -0.168. The number of carbonyl (C=O) groups is 2. The Labute approximate surface area is 117 Å². The average Bonchev–Trinajstić information content (AvgIpc) is 2.64. The molecule has 0 saturated carbocycles. The van der Waals surface area contributed by atoms with Crippen LogP contribution in [-0.2, 0) is 4.79 Å². The maximum absolute atomic E-state index is 12.2. The molecule has 0 spiro atoms. The Morgan fingerprint density at radius 1 is 1.37 bits per heavy atom. The lowest BCUT2D eigenvalue weighted by atomic mass is 10.1. The molecular formula is C15H17NO2S. The van der Waals surface area contributed by atoms with E-state index in [2.05, 4.69) is 0 Å². The Balaban J connectivity index is 2.28. The van der Waals surface area contributed by atoms with Crippen LogP contribution < -0.4 is 0 Å². The molecule has 1 aromatic rings. The minimum atomic E-state index is -0.175. The minimum absolute atomic E-state index is 0.0455. The molecule has 1 atom stereocenters. The summed E-state index contributed by atoms with van der Waals surface area (Å²) in [6, 6.07) is 7.83. The van der Waals surface area contributed by atoms with E-state index < -0.39 is 0 Å². The predicted molar refractivity (Wildman–Crippen MR) is 78.7 cm³/mol. The molecule has 1 aromatic carbocycles. The fraction of sp³-hybridized carbons (Fsp3) is 0.333. The largest absolute Gasteiger partial charge is 0.293 e. The van der Waals surface area contributed by atoms with Crippen molar-refractivity contribution in [1.82, 2.24) is 4.90 Å². The molecule has 1 fully saturated rings. The van der Waals surface area contributed by atoms with Crippen molar-refractivity contribution in [3.63, 3.8) is 0 Å². The van der Waals surface area contributed by atoms with Gasteiger partial charge in [-0.1, -0.05) is 36.8 Å². The summed E-state index contributed by atoms with van der Waals surface area (Å²) in [6.07, 6.45) is 2.57. The number of rotatable bonds is 3. The quantitative estimate of drug-likeness (QED) is 0.787. The number of aryl methyl sites for hydroxylation is 1. The summed E-state index contributed by atoms with van der Waals surface area (Å²) >= 11 is 1.02. The molecule has 1 saturated heterocycles. The Morgan fingerprint density at radius 2 is 2.11 bits per heavy atom. The van der Waals surface area contributed by atoms with Crippen molar-refractivity contribution in [2.75, 3.05) is 0 Å². The third-order valence-corrected chi connectivity index (χ3v) is 4.08. The zero-order valence-corrected chi connectivity index (χ0v) is 12.2. The lowest BCUT2D eigenvalue weighted by Gasteiger charge is -2.19. The van der Waals surface area contributed by atoms with E-state index in [1.165, 1.54) is 4.90 Å². The third kappa shape index (κ3) is 2.89. The van der Waals surface area contributed by atoms with Crippen LogP contribution in [0.3, 0.4) is 0 Å². The molecule has 1 aliphatic rings. The second-order valence-electron chi connectivity index (χ2n) is 4.72.